The Morgan fingerprint density at radius 2 is 2.00 bits per heavy atom. The van der Waals surface area contributed by atoms with Crippen LogP contribution in [0.3, 0.4) is 0 Å². The van der Waals surface area contributed by atoms with E-state index in [0.717, 1.165) is 26.7 Å². The van der Waals surface area contributed by atoms with Gasteiger partial charge in [-0.2, -0.15) is 0 Å². The largest absolute Gasteiger partial charge is 0.459 e. The summed E-state index contributed by atoms with van der Waals surface area (Å²) in [5.74, 6) is 1.77. The molecule has 0 saturated heterocycles. The molecule has 3 rings (SSSR count). The number of anilines is 1. The molecule has 0 aliphatic carbocycles. The molecule has 3 aromatic rings. The highest BCUT2D eigenvalue weighted by Crippen LogP contribution is 2.24. The summed E-state index contributed by atoms with van der Waals surface area (Å²) < 4.78 is 6.87. The number of furan rings is 1. The van der Waals surface area contributed by atoms with Gasteiger partial charge in [-0.05, 0) is 24.3 Å². The smallest absolute Gasteiger partial charge is 0.182 e. The lowest BCUT2D eigenvalue weighted by atomic mass is 10.2. The van der Waals surface area contributed by atoms with Crippen molar-refractivity contribution in [1.82, 2.24) is 4.98 Å². The Bertz CT molecular complexity index is 646. The average Bonchev–Trinajstić information content (AvgIpc) is 3.09. The predicted octanol–water partition coefficient (Wildman–Crippen LogP) is 4.78. The SMILES string of the molecule is Brc1ccc(-c2ccc(CNc3nccs3)o2)cc1. The van der Waals surface area contributed by atoms with E-state index in [4.69, 9.17) is 4.42 Å². The lowest BCUT2D eigenvalue weighted by molar-refractivity contribution is 0.531. The van der Waals surface area contributed by atoms with Crippen molar-refractivity contribution >= 4 is 32.4 Å². The molecule has 2 heterocycles. The topological polar surface area (TPSA) is 38.1 Å². The zero-order valence-corrected chi connectivity index (χ0v) is 12.4. The third-order valence-electron chi connectivity index (χ3n) is 2.64. The lowest BCUT2D eigenvalue weighted by Gasteiger charge is -2.00. The van der Waals surface area contributed by atoms with Gasteiger partial charge in [0.15, 0.2) is 5.13 Å². The monoisotopic (exact) mass is 334 g/mol. The minimum absolute atomic E-state index is 0.643. The van der Waals surface area contributed by atoms with Crippen LogP contribution >= 0.6 is 27.3 Å². The second kappa shape index (κ2) is 5.59. The third-order valence-corrected chi connectivity index (χ3v) is 3.90. The maximum absolute atomic E-state index is 5.81. The van der Waals surface area contributed by atoms with E-state index in [1.807, 2.05) is 41.8 Å². The number of thiazole rings is 1. The molecular weight excluding hydrogens is 324 g/mol. The fourth-order valence-corrected chi connectivity index (χ4v) is 2.51. The molecule has 0 bridgehead atoms. The number of rotatable bonds is 4. The first-order valence-corrected chi connectivity index (χ1v) is 7.46. The van der Waals surface area contributed by atoms with Crippen LogP contribution < -0.4 is 5.32 Å². The van der Waals surface area contributed by atoms with Crippen LogP contribution in [0.25, 0.3) is 11.3 Å². The minimum Gasteiger partial charge on any atom is -0.459 e. The van der Waals surface area contributed by atoms with Gasteiger partial charge in [-0.15, -0.1) is 11.3 Å². The van der Waals surface area contributed by atoms with Crippen LogP contribution in [0.2, 0.25) is 0 Å². The summed E-state index contributed by atoms with van der Waals surface area (Å²) in [4.78, 5) is 4.17. The Kier molecular flexibility index (Phi) is 3.66. The van der Waals surface area contributed by atoms with Crippen LogP contribution in [-0.4, -0.2) is 4.98 Å². The molecule has 5 heteroatoms. The zero-order chi connectivity index (χ0) is 13.1. The van der Waals surface area contributed by atoms with Crippen molar-refractivity contribution in [3.63, 3.8) is 0 Å². The molecule has 1 aromatic carbocycles. The molecule has 0 aliphatic heterocycles. The van der Waals surface area contributed by atoms with Crippen molar-refractivity contribution in [2.24, 2.45) is 0 Å². The molecule has 0 atom stereocenters. The van der Waals surface area contributed by atoms with Gasteiger partial charge in [0.05, 0.1) is 6.54 Å². The number of benzene rings is 1. The first kappa shape index (κ1) is 12.4. The van der Waals surface area contributed by atoms with Gasteiger partial charge in [0.2, 0.25) is 0 Å². The van der Waals surface area contributed by atoms with E-state index in [-0.39, 0.29) is 0 Å². The van der Waals surface area contributed by atoms with Crippen molar-refractivity contribution < 1.29 is 4.42 Å². The van der Waals surface area contributed by atoms with E-state index in [1.165, 1.54) is 0 Å². The molecule has 0 saturated carbocycles. The normalized spacial score (nSPS) is 10.6. The van der Waals surface area contributed by atoms with Crippen LogP contribution in [0.5, 0.6) is 0 Å². The second-order valence-corrected chi connectivity index (χ2v) is 5.77. The van der Waals surface area contributed by atoms with E-state index in [2.05, 4.69) is 26.2 Å². The molecule has 3 nitrogen and oxygen atoms in total. The summed E-state index contributed by atoms with van der Waals surface area (Å²) in [7, 11) is 0. The van der Waals surface area contributed by atoms with E-state index in [0.29, 0.717) is 6.54 Å². The van der Waals surface area contributed by atoms with Crippen LogP contribution in [0.4, 0.5) is 5.13 Å². The number of halogens is 1. The van der Waals surface area contributed by atoms with Gasteiger partial charge in [-0.3, -0.25) is 0 Å². The zero-order valence-electron chi connectivity index (χ0n) is 9.97. The Morgan fingerprint density at radius 3 is 2.74 bits per heavy atom. The highest BCUT2D eigenvalue weighted by Gasteiger charge is 2.05. The molecule has 2 aromatic heterocycles. The molecule has 0 aliphatic rings. The molecular formula is C14H11BrN2OS. The number of hydrogen-bond donors (Lipinski definition) is 1. The Balaban J connectivity index is 1.70. The maximum Gasteiger partial charge on any atom is 0.182 e. The van der Waals surface area contributed by atoms with E-state index in [1.54, 1.807) is 17.5 Å². The van der Waals surface area contributed by atoms with Crippen molar-refractivity contribution in [2.45, 2.75) is 6.54 Å². The number of hydrogen-bond acceptors (Lipinski definition) is 4. The molecule has 1 N–H and O–H groups in total. The molecule has 0 unspecified atom stereocenters. The third kappa shape index (κ3) is 3.05. The standard InChI is InChI=1S/C14H11BrN2OS/c15-11-3-1-10(2-4-11)13-6-5-12(18-13)9-17-14-16-7-8-19-14/h1-8H,9H2,(H,16,17). The summed E-state index contributed by atoms with van der Waals surface area (Å²) in [5.41, 5.74) is 1.07. The first-order chi connectivity index (χ1) is 9.31. The molecule has 19 heavy (non-hydrogen) atoms. The minimum atomic E-state index is 0.643. The summed E-state index contributed by atoms with van der Waals surface area (Å²) in [6, 6.07) is 12.0. The van der Waals surface area contributed by atoms with Gasteiger partial charge >= 0.3 is 0 Å². The van der Waals surface area contributed by atoms with Crippen LogP contribution in [0, 0.1) is 0 Å². The van der Waals surface area contributed by atoms with Gasteiger partial charge in [-0.1, -0.05) is 28.1 Å². The summed E-state index contributed by atoms with van der Waals surface area (Å²) in [6.45, 7) is 0.643. The Labute approximate surface area is 123 Å². The summed E-state index contributed by atoms with van der Waals surface area (Å²) in [6.07, 6.45) is 1.78. The van der Waals surface area contributed by atoms with Crippen LogP contribution in [0.1, 0.15) is 5.76 Å². The van der Waals surface area contributed by atoms with Crippen molar-refractivity contribution in [3.8, 4) is 11.3 Å². The number of nitrogens with zero attached hydrogens (tertiary/aromatic N) is 1. The summed E-state index contributed by atoms with van der Waals surface area (Å²) >= 11 is 5.00. The first-order valence-electron chi connectivity index (χ1n) is 5.79. The Hall–Kier alpha value is -1.59. The van der Waals surface area contributed by atoms with Crippen molar-refractivity contribution in [2.75, 3.05) is 5.32 Å². The molecule has 0 amide bonds. The van der Waals surface area contributed by atoms with Crippen LogP contribution in [0.15, 0.2) is 56.9 Å². The molecule has 0 radical (unpaired) electrons. The van der Waals surface area contributed by atoms with E-state index < -0.39 is 0 Å². The van der Waals surface area contributed by atoms with Crippen molar-refractivity contribution in [3.05, 3.63) is 58.2 Å². The highest BCUT2D eigenvalue weighted by atomic mass is 79.9. The van der Waals surface area contributed by atoms with Gasteiger partial charge in [0, 0.05) is 21.6 Å². The quantitative estimate of drug-likeness (QED) is 0.746. The second-order valence-electron chi connectivity index (χ2n) is 3.96. The summed E-state index contributed by atoms with van der Waals surface area (Å²) in [5, 5.41) is 6.07. The Morgan fingerprint density at radius 1 is 1.16 bits per heavy atom. The average molecular weight is 335 g/mol. The van der Waals surface area contributed by atoms with E-state index in [9.17, 15) is 0 Å². The van der Waals surface area contributed by atoms with Gasteiger partial charge < -0.3 is 9.73 Å². The fourth-order valence-electron chi connectivity index (χ4n) is 1.72. The molecule has 96 valence electrons. The fraction of sp³-hybridized carbons (Fsp3) is 0.0714. The molecule has 0 fully saturated rings. The lowest BCUT2D eigenvalue weighted by Crippen LogP contribution is -1.96. The number of aromatic nitrogens is 1. The van der Waals surface area contributed by atoms with Crippen LogP contribution in [-0.2, 0) is 6.54 Å². The van der Waals surface area contributed by atoms with Gasteiger partial charge in [0.1, 0.15) is 11.5 Å². The predicted molar refractivity (Wildman–Crippen MR) is 81.3 cm³/mol. The van der Waals surface area contributed by atoms with Crippen molar-refractivity contribution in [1.29, 1.82) is 0 Å². The highest BCUT2D eigenvalue weighted by molar-refractivity contribution is 9.10. The molecule has 0 spiro atoms. The number of nitrogens with one attached hydrogen (secondary N) is 1. The van der Waals surface area contributed by atoms with E-state index >= 15 is 0 Å². The maximum atomic E-state index is 5.81. The van der Waals surface area contributed by atoms with Gasteiger partial charge in [0.25, 0.3) is 0 Å². The van der Waals surface area contributed by atoms with Gasteiger partial charge in [-0.25, -0.2) is 4.98 Å².